The second-order valence-corrected chi connectivity index (χ2v) is 4.62. The minimum absolute atomic E-state index is 0.0781. The summed E-state index contributed by atoms with van der Waals surface area (Å²) < 4.78 is 0. The molecule has 0 spiro atoms. The summed E-state index contributed by atoms with van der Waals surface area (Å²) in [6, 6.07) is 0. The summed E-state index contributed by atoms with van der Waals surface area (Å²) in [6.45, 7) is 7.37. The maximum atomic E-state index is 11.6. The highest BCUT2D eigenvalue weighted by Gasteiger charge is 2.04. The van der Waals surface area contributed by atoms with Gasteiger partial charge in [-0.25, -0.2) is 9.98 Å². The zero-order chi connectivity index (χ0) is 17.1. The van der Waals surface area contributed by atoms with E-state index in [0.29, 0.717) is 22.7 Å². The van der Waals surface area contributed by atoms with Crippen molar-refractivity contribution in [1.82, 2.24) is 0 Å². The van der Waals surface area contributed by atoms with Crippen molar-refractivity contribution in [1.29, 1.82) is 0 Å². The van der Waals surface area contributed by atoms with Crippen LogP contribution < -0.4 is 5.73 Å². The number of ketones is 1. The summed E-state index contributed by atoms with van der Waals surface area (Å²) in [6.07, 6.45) is 19.1. The molecular weight excluding hydrogens is 286 g/mol. The predicted octanol–water partition coefficient (Wildman–Crippen LogP) is 3.59. The van der Waals surface area contributed by atoms with E-state index in [-0.39, 0.29) is 5.78 Å². The van der Waals surface area contributed by atoms with Gasteiger partial charge < -0.3 is 5.73 Å². The van der Waals surface area contributed by atoms with Crippen LogP contribution in [-0.4, -0.2) is 17.8 Å². The van der Waals surface area contributed by atoms with E-state index in [2.05, 4.69) is 16.6 Å². The molecule has 0 fully saturated rings. The second-order valence-electron chi connectivity index (χ2n) is 4.62. The molecular formula is C19H21N3O. The van der Waals surface area contributed by atoms with Gasteiger partial charge in [-0.15, -0.1) is 0 Å². The number of nitrogens with zero attached hydrogens (tertiary/aromatic N) is 2. The van der Waals surface area contributed by atoms with Crippen LogP contribution in [0.4, 0.5) is 0 Å². The molecule has 0 unspecified atom stereocenters. The fourth-order valence-electron chi connectivity index (χ4n) is 1.55. The number of allylic oxidation sites excluding steroid dienone is 9. The third kappa shape index (κ3) is 6.52. The van der Waals surface area contributed by atoms with Gasteiger partial charge in [0.1, 0.15) is 0 Å². The van der Waals surface area contributed by atoms with Crippen molar-refractivity contribution in [2.45, 2.75) is 13.8 Å². The zero-order valence-electron chi connectivity index (χ0n) is 13.4. The maximum Gasteiger partial charge on any atom is 0.161 e. The van der Waals surface area contributed by atoms with Gasteiger partial charge in [0.05, 0.1) is 5.70 Å². The van der Waals surface area contributed by atoms with Crippen LogP contribution in [0.25, 0.3) is 0 Å². The Hall–Kier alpha value is -3.01. The smallest absolute Gasteiger partial charge is 0.161 e. The molecule has 1 heterocycles. The summed E-state index contributed by atoms with van der Waals surface area (Å²) in [7, 11) is 0. The van der Waals surface area contributed by atoms with E-state index in [1.165, 1.54) is 19.3 Å². The predicted molar refractivity (Wildman–Crippen MR) is 98.3 cm³/mol. The molecule has 1 aliphatic rings. The fraction of sp³-hybridized carbons (Fsp3) is 0.105. The molecule has 0 aromatic heterocycles. The van der Waals surface area contributed by atoms with Gasteiger partial charge in [-0.3, -0.25) is 4.79 Å². The summed E-state index contributed by atoms with van der Waals surface area (Å²) in [5.74, 6) is 0.312. The van der Waals surface area contributed by atoms with Gasteiger partial charge in [0.2, 0.25) is 0 Å². The molecule has 23 heavy (non-hydrogen) atoms. The molecule has 4 nitrogen and oxygen atoms in total. The molecule has 0 aromatic rings. The Balaban J connectivity index is 3.30. The molecule has 0 radical (unpaired) electrons. The number of hydrogen-bond acceptors (Lipinski definition) is 4. The standard InChI is InChI=1S/C19H21N3O/c1-4-5-7-10-15(2)19-21-14-17(16(3)23)11-8-6-9-12-18(13-20)22-19/h4-14H,2,20H2,1,3H3/b5-4-,8-6?,10-7-,12-9?,17-11?,18-13?,21-14?,22-19?. The first kappa shape index (κ1) is 18.0. The van der Waals surface area contributed by atoms with Gasteiger partial charge in [0.15, 0.2) is 11.6 Å². The van der Waals surface area contributed by atoms with E-state index in [1.54, 1.807) is 36.5 Å². The number of carbonyl (C=O) groups excluding carboxylic acids is 1. The average Bonchev–Trinajstić information content (AvgIpc) is 2.58. The Kier molecular flexibility index (Phi) is 7.72. The van der Waals surface area contributed by atoms with E-state index in [9.17, 15) is 4.79 Å². The van der Waals surface area contributed by atoms with Gasteiger partial charge in [-0.05, 0) is 26.0 Å². The molecule has 0 bridgehead atoms. The van der Waals surface area contributed by atoms with Gasteiger partial charge in [-0.2, -0.15) is 0 Å². The van der Waals surface area contributed by atoms with Crippen molar-refractivity contribution in [3.63, 3.8) is 0 Å². The van der Waals surface area contributed by atoms with Crippen LogP contribution in [-0.2, 0) is 4.79 Å². The zero-order valence-corrected chi connectivity index (χ0v) is 13.4. The quantitative estimate of drug-likeness (QED) is 0.806. The van der Waals surface area contributed by atoms with E-state index in [1.807, 2.05) is 25.2 Å². The Bertz CT molecular complexity index is 696. The fourth-order valence-corrected chi connectivity index (χ4v) is 1.55. The van der Waals surface area contributed by atoms with Gasteiger partial charge >= 0.3 is 0 Å². The third-order valence-electron chi connectivity index (χ3n) is 2.79. The highest BCUT2D eigenvalue weighted by atomic mass is 16.1. The number of nitrogens with two attached hydrogens (primary N) is 1. The van der Waals surface area contributed by atoms with Crippen molar-refractivity contribution in [2.24, 2.45) is 15.7 Å². The van der Waals surface area contributed by atoms with E-state index >= 15 is 0 Å². The molecule has 1 rings (SSSR count). The first-order valence-corrected chi connectivity index (χ1v) is 7.17. The van der Waals surface area contributed by atoms with Crippen LogP contribution in [0.15, 0.2) is 94.3 Å². The highest BCUT2D eigenvalue weighted by Crippen LogP contribution is 2.08. The first-order valence-electron chi connectivity index (χ1n) is 7.17. The minimum atomic E-state index is -0.0781. The Morgan fingerprint density at radius 3 is 2.70 bits per heavy atom. The Morgan fingerprint density at radius 1 is 1.26 bits per heavy atom. The third-order valence-corrected chi connectivity index (χ3v) is 2.79. The van der Waals surface area contributed by atoms with Crippen molar-refractivity contribution in [2.75, 3.05) is 0 Å². The first-order chi connectivity index (χ1) is 11.1. The van der Waals surface area contributed by atoms with Gasteiger partial charge in [0, 0.05) is 23.6 Å². The number of carbonyl (C=O) groups is 1. The number of hydrogen-bond donors (Lipinski definition) is 1. The molecule has 1 aliphatic heterocycles. The van der Waals surface area contributed by atoms with Crippen LogP contribution in [0.1, 0.15) is 13.8 Å². The van der Waals surface area contributed by atoms with Crippen LogP contribution in [0.3, 0.4) is 0 Å². The molecule has 2 N–H and O–H groups in total. The summed E-state index contributed by atoms with van der Waals surface area (Å²) in [5, 5.41) is 0. The van der Waals surface area contributed by atoms with E-state index in [0.717, 1.165) is 0 Å². The molecule has 0 saturated heterocycles. The van der Waals surface area contributed by atoms with Crippen molar-refractivity contribution >= 4 is 17.8 Å². The van der Waals surface area contributed by atoms with Gasteiger partial charge in [-0.1, -0.05) is 49.1 Å². The van der Waals surface area contributed by atoms with Crippen LogP contribution in [0.2, 0.25) is 0 Å². The normalized spacial score (nSPS) is 17.4. The number of aliphatic imine (C=N–C) groups is 2. The summed E-state index contributed by atoms with van der Waals surface area (Å²) in [4.78, 5) is 20.3. The maximum absolute atomic E-state index is 11.6. The largest absolute Gasteiger partial charge is 0.403 e. The monoisotopic (exact) mass is 307 g/mol. The lowest BCUT2D eigenvalue weighted by Gasteiger charge is -2.02. The van der Waals surface area contributed by atoms with Crippen molar-refractivity contribution in [3.8, 4) is 0 Å². The topological polar surface area (TPSA) is 67.8 Å². The summed E-state index contributed by atoms with van der Waals surface area (Å²) in [5.41, 5.74) is 7.23. The lowest BCUT2D eigenvalue weighted by Crippen LogP contribution is -2.03. The SMILES string of the molecule is C=C(/C=C\C=C/C)C1=NC(=CN)C=CC=CC=C(C(C)=O)C=N1. The van der Waals surface area contributed by atoms with Crippen LogP contribution in [0.5, 0.6) is 0 Å². The molecule has 0 aliphatic carbocycles. The Labute approximate surface area is 137 Å². The highest BCUT2D eigenvalue weighted by molar-refractivity contribution is 6.16. The van der Waals surface area contributed by atoms with Crippen molar-refractivity contribution in [3.05, 3.63) is 84.3 Å². The lowest BCUT2D eigenvalue weighted by molar-refractivity contribution is -0.113. The van der Waals surface area contributed by atoms with Crippen LogP contribution >= 0.6 is 0 Å². The number of rotatable bonds is 4. The average molecular weight is 307 g/mol. The van der Waals surface area contributed by atoms with E-state index in [4.69, 9.17) is 5.73 Å². The molecule has 118 valence electrons. The van der Waals surface area contributed by atoms with Crippen molar-refractivity contribution < 1.29 is 4.79 Å². The molecule has 0 amide bonds. The van der Waals surface area contributed by atoms with Crippen LogP contribution in [0, 0.1) is 0 Å². The molecule has 0 aromatic carbocycles. The minimum Gasteiger partial charge on any atom is -0.403 e. The Morgan fingerprint density at radius 2 is 2.04 bits per heavy atom. The number of Topliss-reactive ketones (excluding diaryl/α,β-unsaturated/α-hetero) is 1. The molecule has 0 saturated carbocycles. The number of amidine groups is 1. The summed E-state index contributed by atoms with van der Waals surface area (Å²) >= 11 is 0. The molecule has 0 atom stereocenters. The second kappa shape index (κ2) is 9.84. The van der Waals surface area contributed by atoms with E-state index < -0.39 is 0 Å². The van der Waals surface area contributed by atoms with Gasteiger partial charge in [0.25, 0.3) is 0 Å². The molecule has 4 heteroatoms. The lowest BCUT2D eigenvalue weighted by atomic mass is 10.2.